The molecule has 2 heterocycles. The maximum absolute atomic E-state index is 12.8. The van der Waals surface area contributed by atoms with E-state index < -0.39 is 16.1 Å². The third kappa shape index (κ3) is 2.86. The summed E-state index contributed by atoms with van der Waals surface area (Å²) in [5.74, 6) is -0.0626. The zero-order valence-corrected chi connectivity index (χ0v) is 12.9. The van der Waals surface area contributed by atoms with Crippen LogP contribution in [0.2, 0.25) is 0 Å². The molecule has 21 heavy (non-hydrogen) atoms. The zero-order valence-electron chi connectivity index (χ0n) is 12.1. The van der Waals surface area contributed by atoms with E-state index in [2.05, 4.69) is 17.1 Å². The summed E-state index contributed by atoms with van der Waals surface area (Å²) < 4.78 is 31.7. The van der Waals surface area contributed by atoms with Gasteiger partial charge in [0.2, 0.25) is 15.9 Å². The Labute approximate surface area is 124 Å². The number of nitrogens with zero attached hydrogens (tertiary/aromatic N) is 2. The molecule has 0 aliphatic carbocycles. The van der Waals surface area contributed by atoms with E-state index in [9.17, 15) is 13.2 Å². The fraction of sp³-hybridized carbons (Fsp3) is 0.538. The molecule has 1 aromatic heterocycles. The molecule has 1 saturated heterocycles. The van der Waals surface area contributed by atoms with Crippen LogP contribution in [0.25, 0.3) is 0 Å². The molecule has 116 valence electrons. The van der Waals surface area contributed by atoms with Gasteiger partial charge < -0.3 is 9.84 Å². The van der Waals surface area contributed by atoms with Crippen LogP contribution in [0.3, 0.4) is 0 Å². The van der Waals surface area contributed by atoms with Crippen LogP contribution in [-0.4, -0.2) is 42.9 Å². The van der Waals surface area contributed by atoms with Gasteiger partial charge in [0.15, 0.2) is 5.76 Å². The van der Waals surface area contributed by atoms with Gasteiger partial charge in [0.05, 0.1) is 0 Å². The van der Waals surface area contributed by atoms with Crippen LogP contribution in [0.5, 0.6) is 0 Å². The molecule has 8 heteroatoms. The molecule has 1 fully saturated rings. The number of hydrogen-bond donors (Lipinski definition) is 1. The van der Waals surface area contributed by atoms with E-state index in [0.717, 1.165) is 0 Å². The van der Waals surface area contributed by atoms with Crippen LogP contribution in [0, 0.1) is 13.8 Å². The highest BCUT2D eigenvalue weighted by atomic mass is 32.2. The van der Waals surface area contributed by atoms with Crippen molar-refractivity contribution >= 4 is 15.9 Å². The first-order chi connectivity index (χ1) is 9.89. The molecule has 7 nitrogen and oxygen atoms in total. The van der Waals surface area contributed by atoms with Gasteiger partial charge in [-0.1, -0.05) is 11.2 Å². The monoisotopic (exact) mass is 313 g/mol. The molecule has 2 rings (SSSR count). The van der Waals surface area contributed by atoms with Gasteiger partial charge in [0, 0.05) is 13.1 Å². The van der Waals surface area contributed by atoms with E-state index in [-0.39, 0.29) is 16.6 Å². The van der Waals surface area contributed by atoms with Crippen molar-refractivity contribution in [3.8, 4) is 0 Å². The Morgan fingerprint density at radius 2 is 2.29 bits per heavy atom. The average molecular weight is 313 g/mol. The van der Waals surface area contributed by atoms with E-state index >= 15 is 0 Å². The molecular formula is C13H19N3O4S. The van der Waals surface area contributed by atoms with Gasteiger partial charge in [-0.05, 0) is 26.7 Å². The predicted molar refractivity (Wildman–Crippen MR) is 76.1 cm³/mol. The van der Waals surface area contributed by atoms with Crippen molar-refractivity contribution in [3.63, 3.8) is 0 Å². The van der Waals surface area contributed by atoms with Gasteiger partial charge in [-0.15, -0.1) is 6.58 Å². The molecule has 0 bridgehead atoms. The highest BCUT2D eigenvalue weighted by Gasteiger charge is 2.41. The lowest BCUT2D eigenvalue weighted by molar-refractivity contribution is -0.123. The van der Waals surface area contributed by atoms with E-state index in [1.807, 2.05) is 0 Å². The van der Waals surface area contributed by atoms with Gasteiger partial charge in [0.25, 0.3) is 0 Å². The van der Waals surface area contributed by atoms with Crippen LogP contribution in [0.4, 0.5) is 0 Å². The molecule has 0 unspecified atom stereocenters. The van der Waals surface area contributed by atoms with Crippen LogP contribution in [-0.2, 0) is 14.8 Å². The summed E-state index contributed by atoms with van der Waals surface area (Å²) >= 11 is 0. The number of nitrogens with one attached hydrogen (secondary N) is 1. The molecule has 1 N–H and O–H groups in total. The average Bonchev–Trinajstić information content (AvgIpc) is 3.03. The number of sulfonamides is 1. The number of hydrogen-bond acceptors (Lipinski definition) is 5. The second-order valence-corrected chi connectivity index (χ2v) is 6.79. The molecule has 1 atom stereocenters. The Bertz CT molecular complexity index is 631. The van der Waals surface area contributed by atoms with E-state index in [1.54, 1.807) is 19.9 Å². The summed E-state index contributed by atoms with van der Waals surface area (Å²) in [6, 6.07) is -0.691. The van der Waals surface area contributed by atoms with Crippen LogP contribution >= 0.6 is 0 Å². The lowest BCUT2D eigenvalue weighted by Crippen LogP contribution is -2.46. The smallest absolute Gasteiger partial charge is 0.249 e. The molecule has 1 amide bonds. The van der Waals surface area contributed by atoms with Crippen molar-refractivity contribution in [2.75, 3.05) is 13.1 Å². The molecule has 0 spiro atoms. The van der Waals surface area contributed by atoms with Gasteiger partial charge in [0.1, 0.15) is 16.6 Å². The molecule has 1 aromatic rings. The normalized spacial score (nSPS) is 19.6. The first-order valence-electron chi connectivity index (χ1n) is 6.73. The molecule has 0 aromatic carbocycles. The van der Waals surface area contributed by atoms with Gasteiger partial charge in [-0.25, -0.2) is 8.42 Å². The summed E-state index contributed by atoms with van der Waals surface area (Å²) in [5, 5.41) is 6.33. The number of aryl methyl sites for hydroxylation is 2. The summed E-state index contributed by atoms with van der Waals surface area (Å²) in [5.41, 5.74) is 0.310. The third-order valence-electron chi connectivity index (χ3n) is 3.46. The lowest BCUT2D eigenvalue weighted by atomic mass is 10.2. The minimum atomic E-state index is -3.79. The first-order valence-corrected chi connectivity index (χ1v) is 8.17. The van der Waals surface area contributed by atoms with Crippen molar-refractivity contribution in [3.05, 3.63) is 24.1 Å². The van der Waals surface area contributed by atoms with Crippen LogP contribution in [0.15, 0.2) is 22.1 Å². The number of carbonyl (C=O) groups excluding carboxylic acids is 1. The largest absolute Gasteiger partial charge is 0.360 e. The number of aromatic nitrogens is 1. The number of amides is 1. The second-order valence-electron chi connectivity index (χ2n) is 4.96. The molecule has 0 saturated carbocycles. The lowest BCUT2D eigenvalue weighted by Gasteiger charge is -2.22. The maximum atomic E-state index is 12.8. The van der Waals surface area contributed by atoms with E-state index in [4.69, 9.17) is 4.52 Å². The van der Waals surface area contributed by atoms with E-state index in [0.29, 0.717) is 31.6 Å². The quantitative estimate of drug-likeness (QED) is 0.810. The molecule has 1 aliphatic heterocycles. The van der Waals surface area contributed by atoms with Gasteiger partial charge in [-0.3, -0.25) is 4.79 Å². The number of carbonyl (C=O) groups is 1. The van der Waals surface area contributed by atoms with Gasteiger partial charge in [-0.2, -0.15) is 4.31 Å². The molecule has 1 aliphatic rings. The Hall–Kier alpha value is -1.67. The summed E-state index contributed by atoms with van der Waals surface area (Å²) in [6.45, 7) is 7.28. The van der Waals surface area contributed by atoms with Crippen molar-refractivity contribution in [2.24, 2.45) is 0 Å². The SMILES string of the molecule is C=CCNC(=O)[C@@H]1CCCN1S(=O)(=O)c1c(C)noc1C. The fourth-order valence-electron chi connectivity index (χ4n) is 2.54. The Morgan fingerprint density at radius 3 is 2.86 bits per heavy atom. The fourth-order valence-corrected chi connectivity index (χ4v) is 4.49. The van der Waals surface area contributed by atoms with Crippen molar-refractivity contribution in [1.82, 2.24) is 14.8 Å². The van der Waals surface area contributed by atoms with E-state index in [1.165, 1.54) is 4.31 Å². The summed E-state index contributed by atoms with van der Waals surface area (Å²) in [7, 11) is -3.79. The molecular weight excluding hydrogens is 294 g/mol. The predicted octanol–water partition coefficient (Wildman–Crippen LogP) is 0.747. The summed E-state index contributed by atoms with van der Waals surface area (Å²) in [4.78, 5) is 12.2. The Kier molecular flexibility index (Phi) is 4.48. The highest BCUT2D eigenvalue weighted by Crippen LogP contribution is 2.29. The Morgan fingerprint density at radius 1 is 1.57 bits per heavy atom. The minimum absolute atomic E-state index is 0.0610. The van der Waals surface area contributed by atoms with Crippen LogP contribution < -0.4 is 5.32 Å². The highest BCUT2D eigenvalue weighted by molar-refractivity contribution is 7.89. The Balaban J connectivity index is 2.31. The summed E-state index contributed by atoms with van der Waals surface area (Å²) in [6.07, 6.45) is 2.71. The minimum Gasteiger partial charge on any atom is -0.360 e. The topological polar surface area (TPSA) is 92.5 Å². The standard InChI is InChI=1S/C13H19N3O4S/c1-4-7-14-13(17)11-6-5-8-16(11)21(18,19)12-9(2)15-20-10(12)3/h4,11H,1,5-8H2,2-3H3,(H,14,17)/t11-/m0/s1. The second kappa shape index (κ2) is 5.98. The maximum Gasteiger partial charge on any atom is 0.249 e. The van der Waals surface area contributed by atoms with Crippen molar-refractivity contribution in [2.45, 2.75) is 37.6 Å². The van der Waals surface area contributed by atoms with Crippen LogP contribution in [0.1, 0.15) is 24.3 Å². The third-order valence-corrected chi connectivity index (χ3v) is 5.61. The molecule has 0 radical (unpaired) electrons. The first kappa shape index (κ1) is 15.7. The zero-order chi connectivity index (χ0) is 15.6. The van der Waals surface area contributed by atoms with Gasteiger partial charge >= 0.3 is 0 Å². The van der Waals surface area contributed by atoms with Crippen molar-refractivity contribution < 1.29 is 17.7 Å². The number of rotatable bonds is 5. The van der Waals surface area contributed by atoms with Crippen molar-refractivity contribution in [1.29, 1.82) is 0 Å².